The highest BCUT2D eigenvalue weighted by Gasteiger charge is 2.34. The SMILES string of the molecule is CC(C)[C@H](N)C(=O)NCC(=O)N1CCCC(C)(c2ccccc2)C1.Cl. The predicted molar refractivity (Wildman–Crippen MR) is 103 cm³/mol. The topological polar surface area (TPSA) is 75.4 Å². The van der Waals surface area contributed by atoms with Crippen molar-refractivity contribution in [1.82, 2.24) is 10.2 Å². The molecule has 1 heterocycles. The summed E-state index contributed by atoms with van der Waals surface area (Å²) in [4.78, 5) is 26.3. The van der Waals surface area contributed by atoms with Gasteiger partial charge in [0.15, 0.2) is 0 Å². The Hall–Kier alpha value is -1.59. The molecule has 1 unspecified atom stereocenters. The Morgan fingerprint density at radius 2 is 1.92 bits per heavy atom. The van der Waals surface area contributed by atoms with Gasteiger partial charge < -0.3 is 16.0 Å². The van der Waals surface area contributed by atoms with E-state index < -0.39 is 6.04 Å². The quantitative estimate of drug-likeness (QED) is 0.836. The molecule has 0 bridgehead atoms. The molecule has 0 saturated carbocycles. The van der Waals surface area contributed by atoms with Crippen LogP contribution in [0.15, 0.2) is 30.3 Å². The van der Waals surface area contributed by atoms with Crippen molar-refractivity contribution in [2.24, 2.45) is 11.7 Å². The molecule has 0 aliphatic carbocycles. The Balaban J connectivity index is 0.00000312. The fourth-order valence-corrected chi connectivity index (χ4v) is 3.22. The van der Waals surface area contributed by atoms with E-state index in [2.05, 4.69) is 24.4 Å². The maximum absolute atomic E-state index is 12.5. The molecular weight excluding hydrogens is 338 g/mol. The first-order chi connectivity index (χ1) is 11.3. The number of hydrogen-bond acceptors (Lipinski definition) is 3. The molecule has 1 aliphatic heterocycles. The summed E-state index contributed by atoms with van der Waals surface area (Å²) in [5.41, 5.74) is 7.03. The molecule has 3 N–H and O–H groups in total. The zero-order valence-corrected chi connectivity index (χ0v) is 16.1. The highest BCUT2D eigenvalue weighted by molar-refractivity contribution is 5.87. The summed E-state index contributed by atoms with van der Waals surface area (Å²) >= 11 is 0. The van der Waals surface area contributed by atoms with Crippen LogP contribution in [0.1, 0.15) is 39.2 Å². The monoisotopic (exact) mass is 367 g/mol. The zero-order valence-electron chi connectivity index (χ0n) is 15.3. The molecule has 1 fully saturated rings. The third-order valence-corrected chi connectivity index (χ3v) is 4.95. The normalized spacial score (nSPS) is 21.4. The number of benzene rings is 1. The Bertz CT molecular complexity index is 579. The maximum Gasteiger partial charge on any atom is 0.241 e. The van der Waals surface area contributed by atoms with Gasteiger partial charge >= 0.3 is 0 Å². The number of carbonyl (C=O) groups is 2. The van der Waals surface area contributed by atoms with E-state index in [4.69, 9.17) is 5.73 Å². The molecule has 2 amide bonds. The summed E-state index contributed by atoms with van der Waals surface area (Å²) < 4.78 is 0. The number of nitrogens with zero attached hydrogens (tertiary/aromatic N) is 1. The van der Waals surface area contributed by atoms with Crippen LogP contribution in [-0.4, -0.2) is 42.4 Å². The minimum Gasteiger partial charge on any atom is -0.346 e. The second-order valence-corrected chi connectivity index (χ2v) is 7.33. The second-order valence-electron chi connectivity index (χ2n) is 7.33. The van der Waals surface area contributed by atoms with Gasteiger partial charge in [-0.1, -0.05) is 51.1 Å². The van der Waals surface area contributed by atoms with Gasteiger partial charge in [-0.3, -0.25) is 9.59 Å². The van der Waals surface area contributed by atoms with E-state index in [1.807, 2.05) is 36.9 Å². The van der Waals surface area contributed by atoms with Crippen molar-refractivity contribution in [3.8, 4) is 0 Å². The summed E-state index contributed by atoms with van der Waals surface area (Å²) in [5, 5.41) is 2.67. The van der Waals surface area contributed by atoms with Crippen LogP contribution in [0.4, 0.5) is 0 Å². The summed E-state index contributed by atoms with van der Waals surface area (Å²) in [5.74, 6) is -0.251. The first-order valence-corrected chi connectivity index (χ1v) is 8.70. The van der Waals surface area contributed by atoms with E-state index in [9.17, 15) is 9.59 Å². The zero-order chi connectivity index (χ0) is 17.7. The lowest BCUT2D eigenvalue weighted by atomic mass is 9.76. The second kappa shape index (κ2) is 9.20. The number of nitrogens with one attached hydrogen (secondary N) is 1. The molecule has 1 aliphatic rings. The maximum atomic E-state index is 12.5. The molecular formula is C19H30ClN3O2. The third-order valence-electron chi connectivity index (χ3n) is 4.95. The van der Waals surface area contributed by atoms with Gasteiger partial charge in [-0.05, 0) is 24.3 Å². The first-order valence-electron chi connectivity index (χ1n) is 8.70. The number of carbonyl (C=O) groups excluding carboxylic acids is 2. The smallest absolute Gasteiger partial charge is 0.241 e. The predicted octanol–water partition coefficient (Wildman–Crippen LogP) is 2.09. The van der Waals surface area contributed by atoms with Crippen molar-refractivity contribution in [3.05, 3.63) is 35.9 Å². The lowest BCUT2D eigenvalue weighted by Crippen LogP contribution is -2.52. The van der Waals surface area contributed by atoms with Gasteiger partial charge in [0.2, 0.25) is 11.8 Å². The molecule has 140 valence electrons. The molecule has 1 aromatic carbocycles. The van der Waals surface area contributed by atoms with Gasteiger partial charge in [0.05, 0.1) is 12.6 Å². The lowest BCUT2D eigenvalue weighted by Gasteiger charge is -2.41. The number of halogens is 1. The number of amides is 2. The van der Waals surface area contributed by atoms with Crippen LogP contribution in [0.3, 0.4) is 0 Å². The van der Waals surface area contributed by atoms with Crippen LogP contribution in [0.25, 0.3) is 0 Å². The van der Waals surface area contributed by atoms with Gasteiger partial charge in [0, 0.05) is 18.5 Å². The van der Waals surface area contributed by atoms with Gasteiger partial charge in [-0.2, -0.15) is 0 Å². The average Bonchev–Trinajstić information content (AvgIpc) is 2.59. The number of likely N-dealkylation sites (tertiary alicyclic amines) is 1. The first kappa shape index (κ1) is 21.5. The summed E-state index contributed by atoms with van der Waals surface area (Å²) in [6.07, 6.45) is 2.03. The van der Waals surface area contributed by atoms with Crippen LogP contribution in [0.5, 0.6) is 0 Å². The van der Waals surface area contributed by atoms with Crippen molar-refractivity contribution < 1.29 is 9.59 Å². The van der Waals surface area contributed by atoms with Crippen molar-refractivity contribution >= 4 is 24.2 Å². The number of rotatable bonds is 5. The molecule has 1 saturated heterocycles. The highest BCUT2D eigenvalue weighted by atomic mass is 35.5. The van der Waals surface area contributed by atoms with E-state index in [1.54, 1.807) is 0 Å². The van der Waals surface area contributed by atoms with E-state index >= 15 is 0 Å². The van der Waals surface area contributed by atoms with E-state index in [1.165, 1.54) is 5.56 Å². The highest BCUT2D eigenvalue weighted by Crippen LogP contribution is 2.33. The summed E-state index contributed by atoms with van der Waals surface area (Å²) in [6, 6.07) is 9.75. The number of nitrogens with two attached hydrogens (primary N) is 1. The Kier molecular flexibility index (Phi) is 7.90. The molecule has 1 aromatic rings. The standard InChI is InChI=1S/C19H29N3O2.ClH/c1-14(2)17(20)18(24)21-12-16(23)22-11-7-10-19(3,13-22)15-8-5-4-6-9-15;/h4-6,8-9,14,17H,7,10-13,20H2,1-3H3,(H,21,24);1H/t17-,19?;/m0./s1. The van der Waals surface area contributed by atoms with Crippen molar-refractivity contribution in [2.45, 2.75) is 45.1 Å². The minimum atomic E-state index is -0.575. The minimum absolute atomic E-state index is 0. The molecule has 25 heavy (non-hydrogen) atoms. The van der Waals surface area contributed by atoms with Gasteiger partial charge in [-0.25, -0.2) is 0 Å². The molecule has 6 heteroatoms. The fraction of sp³-hybridized carbons (Fsp3) is 0.579. The molecule has 2 atom stereocenters. The van der Waals surface area contributed by atoms with E-state index in [-0.39, 0.29) is 42.1 Å². The molecule has 2 rings (SSSR count). The van der Waals surface area contributed by atoms with Crippen LogP contribution in [-0.2, 0) is 15.0 Å². The van der Waals surface area contributed by atoms with Crippen LogP contribution < -0.4 is 11.1 Å². The molecule has 0 aromatic heterocycles. The fourth-order valence-electron chi connectivity index (χ4n) is 3.22. The molecule has 5 nitrogen and oxygen atoms in total. The van der Waals surface area contributed by atoms with Crippen molar-refractivity contribution in [2.75, 3.05) is 19.6 Å². The Morgan fingerprint density at radius 3 is 2.52 bits per heavy atom. The third kappa shape index (κ3) is 5.44. The van der Waals surface area contributed by atoms with Gasteiger partial charge in [0.1, 0.15) is 0 Å². The Morgan fingerprint density at radius 1 is 1.28 bits per heavy atom. The lowest BCUT2D eigenvalue weighted by molar-refractivity contribution is -0.135. The summed E-state index contributed by atoms with van der Waals surface area (Å²) in [6.45, 7) is 7.43. The van der Waals surface area contributed by atoms with Gasteiger partial charge in [-0.15, -0.1) is 12.4 Å². The molecule has 0 spiro atoms. The number of hydrogen-bond donors (Lipinski definition) is 2. The van der Waals surface area contributed by atoms with Gasteiger partial charge in [0.25, 0.3) is 0 Å². The van der Waals surface area contributed by atoms with Crippen LogP contribution in [0.2, 0.25) is 0 Å². The van der Waals surface area contributed by atoms with Crippen LogP contribution in [0, 0.1) is 5.92 Å². The van der Waals surface area contributed by atoms with E-state index in [0.717, 1.165) is 19.4 Å². The van der Waals surface area contributed by atoms with Crippen molar-refractivity contribution in [3.63, 3.8) is 0 Å². The van der Waals surface area contributed by atoms with Crippen molar-refractivity contribution in [1.29, 1.82) is 0 Å². The molecule has 0 radical (unpaired) electrons. The largest absolute Gasteiger partial charge is 0.346 e. The number of piperidine rings is 1. The van der Waals surface area contributed by atoms with E-state index in [0.29, 0.717) is 6.54 Å². The van der Waals surface area contributed by atoms with Crippen LogP contribution >= 0.6 is 12.4 Å². The summed E-state index contributed by atoms with van der Waals surface area (Å²) in [7, 11) is 0. The Labute approximate surface area is 156 Å². The average molecular weight is 368 g/mol.